The van der Waals surface area contributed by atoms with Gasteiger partial charge in [0.1, 0.15) is 6.04 Å². The molecule has 0 radical (unpaired) electrons. The van der Waals surface area contributed by atoms with Gasteiger partial charge in [0.05, 0.1) is 19.3 Å². The lowest BCUT2D eigenvalue weighted by Crippen LogP contribution is -2.54. The number of hydrogen-bond donors (Lipinski definition) is 2. The van der Waals surface area contributed by atoms with E-state index in [-0.39, 0.29) is 11.9 Å². The van der Waals surface area contributed by atoms with Gasteiger partial charge in [-0.15, -0.1) is 0 Å². The fourth-order valence-corrected chi connectivity index (χ4v) is 2.73. The number of nitriles is 1. The Hall–Kier alpha value is -2.59. The zero-order valence-corrected chi connectivity index (χ0v) is 14.9. The van der Waals surface area contributed by atoms with Gasteiger partial charge in [-0.2, -0.15) is 5.26 Å². The number of urea groups is 1. The van der Waals surface area contributed by atoms with Crippen molar-refractivity contribution in [2.24, 2.45) is 0 Å². The van der Waals surface area contributed by atoms with Crippen molar-refractivity contribution in [3.63, 3.8) is 0 Å². The highest BCUT2D eigenvalue weighted by Crippen LogP contribution is 2.06. The van der Waals surface area contributed by atoms with Crippen LogP contribution in [0.15, 0.2) is 30.3 Å². The largest absolute Gasteiger partial charge is 0.378 e. The van der Waals surface area contributed by atoms with Crippen LogP contribution in [-0.4, -0.2) is 55.7 Å². The summed E-state index contributed by atoms with van der Waals surface area (Å²) in [5.41, 5.74) is 0.986. The molecule has 2 rings (SSSR count). The predicted molar refractivity (Wildman–Crippen MR) is 97.3 cm³/mol. The predicted octanol–water partition coefficient (Wildman–Crippen LogP) is 1.45. The summed E-state index contributed by atoms with van der Waals surface area (Å²) >= 11 is 0. The fourth-order valence-electron chi connectivity index (χ4n) is 2.73. The van der Waals surface area contributed by atoms with Crippen LogP contribution in [0.3, 0.4) is 0 Å². The first-order chi connectivity index (χ1) is 12.7. The Morgan fingerprint density at radius 2 is 1.92 bits per heavy atom. The third-order valence-electron chi connectivity index (χ3n) is 4.21. The standard InChI is InChI=1S/C19H26N4O3/c20-9-5-2-6-10-21-18(24)17(15-16-7-3-1-4-8-16)22-19(25)23-11-13-26-14-12-23/h1,3-4,7-8,17H,2,5-6,10-15H2,(H,21,24)(H,22,25)/t17-/m0/s1. The van der Waals surface area contributed by atoms with Gasteiger partial charge in [-0.25, -0.2) is 4.79 Å². The Morgan fingerprint density at radius 1 is 1.19 bits per heavy atom. The number of amides is 3. The van der Waals surface area contributed by atoms with Crippen molar-refractivity contribution < 1.29 is 14.3 Å². The Labute approximate surface area is 154 Å². The van der Waals surface area contributed by atoms with Crippen LogP contribution in [0, 0.1) is 11.3 Å². The zero-order chi connectivity index (χ0) is 18.6. The normalized spacial score (nSPS) is 15.0. The molecule has 1 aromatic carbocycles. The average Bonchev–Trinajstić information content (AvgIpc) is 2.68. The first-order valence-electron chi connectivity index (χ1n) is 9.02. The molecule has 7 heteroatoms. The van der Waals surface area contributed by atoms with E-state index in [1.54, 1.807) is 4.90 Å². The van der Waals surface area contributed by atoms with Crippen molar-refractivity contribution >= 4 is 11.9 Å². The summed E-state index contributed by atoms with van der Waals surface area (Å²) in [6.07, 6.45) is 2.41. The van der Waals surface area contributed by atoms with Gasteiger partial charge in [0, 0.05) is 32.5 Å². The van der Waals surface area contributed by atoms with Gasteiger partial charge in [-0.1, -0.05) is 30.3 Å². The molecule has 0 aromatic heterocycles. The number of ether oxygens (including phenoxy) is 1. The van der Waals surface area contributed by atoms with Crippen molar-refractivity contribution in [2.75, 3.05) is 32.8 Å². The molecule has 26 heavy (non-hydrogen) atoms. The zero-order valence-electron chi connectivity index (χ0n) is 14.9. The Morgan fingerprint density at radius 3 is 2.62 bits per heavy atom. The summed E-state index contributed by atoms with van der Waals surface area (Å²) in [7, 11) is 0. The number of carbonyl (C=O) groups is 2. The number of hydrogen-bond acceptors (Lipinski definition) is 4. The quantitative estimate of drug-likeness (QED) is 0.688. The summed E-state index contributed by atoms with van der Waals surface area (Å²) < 4.78 is 5.26. The molecule has 140 valence electrons. The number of unbranched alkanes of at least 4 members (excludes halogenated alkanes) is 2. The molecule has 1 aliphatic rings. The highest BCUT2D eigenvalue weighted by atomic mass is 16.5. The van der Waals surface area contributed by atoms with E-state index >= 15 is 0 Å². The van der Waals surface area contributed by atoms with E-state index in [4.69, 9.17) is 10.00 Å². The summed E-state index contributed by atoms with van der Waals surface area (Å²) in [5.74, 6) is -0.201. The van der Waals surface area contributed by atoms with Crippen LogP contribution >= 0.6 is 0 Å². The van der Waals surface area contributed by atoms with Crippen LogP contribution < -0.4 is 10.6 Å². The van der Waals surface area contributed by atoms with Crippen LogP contribution in [0.4, 0.5) is 4.79 Å². The van der Waals surface area contributed by atoms with Crippen molar-refractivity contribution in [3.8, 4) is 6.07 Å². The second-order valence-electron chi connectivity index (χ2n) is 6.20. The molecule has 0 spiro atoms. The Bertz CT molecular complexity index is 609. The number of benzene rings is 1. The maximum absolute atomic E-state index is 12.6. The maximum atomic E-state index is 12.6. The minimum atomic E-state index is -0.635. The molecule has 7 nitrogen and oxygen atoms in total. The molecule has 1 heterocycles. The van der Waals surface area contributed by atoms with Crippen LogP contribution in [0.1, 0.15) is 24.8 Å². The van der Waals surface area contributed by atoms with Gasteiger partial charge < -0.3 is 20.3 Å². The van der Waals surface area contributed by atoms with E-state index in [1.165, 1.54) is 0 Å². The van der Waals surface area contributed by atoms with Crippen LogP contribution in [0.25, 0.3) is 0 Å². The van der Waals surface area contributed by atoms with Crippen molar-refractivity contribution in [1.29, 1.82) is 5.26 Å². The molecule has 0 aliphatic carbocycles. The molecule has 2 N–H and O–H groups in total. The maximum Gasteiger partial charge on any atom is 0.318 e. The van der Waals surface area contributed by atoms with E-state index in [2.05, 4.69) is 16.7 Å². The van der Waals surface area contributed by atoms with E-state index in [0.717, 1.165) is 18.4 Å². The minimum Gasteiger partial charge on any atom is -0.378 e. The Kier molecular flexibility index (Phi) is 8.43. The molecule has 1 fully saturated rings. The highest BCUT2D eigenvalue weighted by molar-refractivity contribution is 5.87. The molecule has 1 aromatic rings. The van der Waals surface area contributed by atoms with Crippen LogP contribution in [0.2, 0.25) is 0 Å². The number of nitrogens with zero attached hydrogens (tertiary/aromatic N) is 2. The van der Waals surface area contributed by atoms with Gasteiger partial charge >= 0.3 is 6.03 Å². The second kappa shape index (κ2) is 11.1. The average molecular weight is 358 g/mol. The third-order valence-corrected chi connectivity index (χ3v) is 4.21. The number of carbonyl (C=O) groups excluding carboxylic acids is 2. The lowest BCUT2D eigenvalue weighted by Gasteiger charge is -2.29. The molecular weight excluding hydrogens is 332 g/mol. The van der Waals surface area contributed by atoms with E-state index in [1.807, 2.05) is 30.3 Å². The first-order valence-corrected chi connectivity index (χ1v) is 9.02. The monoisotopic (exact) mass is 358 g/mol. The third kappa shape index (κ3) is 6.73. The van der Waals surface area contributed by atoms with Crippen molar-refractivity contribution in [1.82, 2.24) is 15.5 Å². The van der Waals surface area contributed by atoms with E-state index < -0.39 is 6.04 Å². The van der Waals surface area contributed by atoms with Gasteiger partial charge in [0.2, 0.25) is 5.91 Å². The summed E-state index contributed by atoms with van der Waals surface area (Å²) in [4.78, 5) is 26.7. The first kappa shape index (κ1) is 19.7. The Balaban J connectivity index is 1.92. The summed E-state index contributed by atoms with van der Waals surface area (Å²) in [6.45, 7) is 2.59. The molecule has 1 saturated heterocycles. The molecule has 0 unspecified atom stereocenters. The summed E-state index contributed by atoms with van der Waals surface area (Å²) in [5, 5.41) is 14.3. The molecule has 0 bridgehead atoms. The lowest BCUT2D eigenvalue weighted by molar-refractivity contribution is -0.123. The van der Waals surface area contributed by atoms with Gasteiger partial charge in [0.15, 0.2) is 0 Å². The smallest absolute Gasteiger partial charge is 0.318 e. The second-order valence-corrected chi connectivity index (χ2v) is 6.20. The molecule has 0 saturated carbocycles. The number of rotatable bonds is 8. The van der Waals surface area contributed by atoms with Crippen molar-refractivity contribution in [3.05, 3.63) is 35.9 Å². The minimum absolute atomic E-state index is 0.201. The molecule has 1 atom stereocenters. The van der Waals surface area contributed by atoms with Gasteiger partial charge in [-0.05, 0) is 18.4 Å². The van der Waals surface area contributed by atoms with Crippen molar-refractivity contribution in [2.45, 2.75) is 31.7 Å². The number of morpholine rings is 1. The van der Waals surface area contributed by atoms with Gasteiger partial charge in [0.25, 0.3) is 0 Å². The van der Waals surface area contributed by atoms with E-state index in [9.17, 15) is 9.59 Å². The van der Waals surface area contributed by atoms with Crippen LogP contribution in [-0.2, 0) is 16.0 Å². The van der Waals surface area contributed by atoms with Gasteiger partial charge in [-0.3, -0.25) is 4.79 Å². The fraction of sp³-hybridized carbons (Fsp3) is 0.526. The number of nitrogens with one attached hydrogen (secondary N) is 2. The van der Waals surface area contributed by atoms with E-state index in [0.29, 0.717) is 45.7 Å². The molecule has 3 amide bonds. The molecule has 1 aliphatic heterocycles. The lowest BCUT2D eigenvalue weighted by atomic mass is 10.1. The SMILES string of the molecule is N#CCCCCNC(=O)[C@H](Cc1ccccc1)NC(=O)N1CCOCC1. The highest BCUT2D eigenvalue weighted by Gasteiger charge is 2.24. The van der Waals surface area contributed by atoms with Crippen LogP contribution in [0.5, 0.6) is 0 Å². The topological polar surface area (TPSA) is 94.5 Å². The summed E-state index contributed by atoms with van der Waals surface area (Å²) in [6, 6.07) is 10.8. The molecular formula is C19H26N4O3.